The van der Waals surface area contributed by atoms with E-state index in [1.165, 1.54) is 18.4 Å². The second-order valence-corrected chi connectivity index (χ2v) is 6.84. The normalized spacial score (nSPS) is 11.2. The molecule has 0 radical (unpaired) electrons. The van der Waals surface area contributed by atoms with Gasteiger partial charge in [-0.1, -0.05) is 30.3 Å². The minimum Gasteiger partial charge on any atom is -0.503 e. The predicted octanol–water partition coefficient (Wildman–Crippen LogP) is 5.35. The number of aromatic nitrogens is 1. The predicted molar refractivity (Wildman–Crippen MR) is 103 cm³/mol. The summed E-state index contributed by atoms with van der Waals surface area (Å²) in [4.78, 5) is 4.57. The van der Waals surface area contributed by atoms with Crippen LogP contribution in [0.5, 0.6) is 11.5 Å². The highest BCUT2D eigenvalue weighted by Crippen LogP contribution is 2.36. The van der Waals surface area contributed by atoms with Crippen molar-refractivity contribution in [3.8, 4) is 28.8 Å². The van der Waals surface area contributed by atoms with Crippen molar-refractivity contribution < 1.29 is 9.84 Å². The molecule has 1 heterocycles. The molecule has 0 atom stereocenters. The van der Waals surface area contributed by atoms with Crippen LogP contribution in [0.4, 0.5) is 0 Å². The van der Waals surface area contributed by atoms with Crippen molar-refractivity contribution in [2.75, 3.05) is 7.11 Å². The van der Waals surface area contributed by atoms with Crippen LogP contribution in [0.1, 0.15) is 10.6 Å². The molecular formula is C19H13BrN2O2S. The second-order valence-electron chi connectivity index (χ2n) is 5.13. The van der Waals surface area contributed by atoms with Crippen LogP contribution in [-0.4, -0.2) is 17.2 Å². The lowest BCUT2D eigenvalue weighted by atomic mass is 10.1. The molecule has 4 nitrogen and oxygen atoms in total. The Kier molecular flexibility index (Phi) is 5.17. The fourth-order valence-electron chi connectivity index (χ4n) is 2.28. The third kappa shape index (κ3) is 3.73. The van der Waals surface area contributed by atoms with E-state index in [0.29, 0.717) is 20.8 Å². The Bertz CT molecular complexity index is 975. The molecule has 1 N–H and O–H groups in total. The van der Waals surface area contributed by atoms with Gasteiger partial charge in [0.1, 0.15) is 11.1 Å². The number of methoxy groups -OCH3 is 1. The van der Waals surface area contributed by atoms with Crippen LogP contribution >= 0.6 is 27.3 Å². The maximum Gasteiger partial charge on any atom is 0.172 e. The van der Waals surface area contributed by atoms with Crippen LogP contribution in [-0.2, 0) is 0 Å². The van der Waals surface area contributed by atoms with E-state index in [1.54, 1.807) is 18.2 Å². The van der Waals surface area contributed by atoms with Gasteiger partial charge in [-0.3, -0.25) is 0 Å². The van der Waals surface area contributed by atoms with Crippen LogP contribution in [0.15, 0.2) is 52.3 Å². The number of halogens is 1. The number of nitriles is 1. The van der Waals surface area contributed by atoms with E-state index in [1.807, 2.05) is 35.7 Å². The summed E-state index contributed by atoms with van der Waals surface area (Å²) in [5.74, 6) is 0.362. The van der Waals surface area contributed by atoms with E-state index in [2.05, 4.69) is 27.0 Å². The molecule has 0 aliphatic rings. The number of phenols is 1. The molecule has 6 heteroatoms. The third-order valence-electron chi connectivity index (χ3n) is 3.51. The second kappa shape index (κ2) is 7.51. The lowest BCUT2D eigenvalue weighted by Crippen LogP contribution is -1.87. The number of hydrogen-bond donors (Lipinski definition) is 1. The summed E-state index contributed by atoms with van der Waals surface area (Å²) in [6, 6.07) is 15.4. The van der Waals surface area contributed by atoms with E-state index < -0.39 is 0 Å². The van der Waals surface area contributed by atoms with Gasteiger partial charge in [-0.25, -0.2) is 4.98 Å². The van der Waals surface area contributed by atoms with Gasteiger partial charge in [0.2, 0.25) is 0 Å². The van der Waals surface area contributed by atoms with Crippen molar-refractivity contribution in [1.82, 2.24) is 4.98 Å². The van der Waals surface area contributed by atoms with Crippen molar-refractivity contribution in [3.05, 3.63) is 62.9 Å². The lowest BCUT2D eigenvalue weighted by molar-refractivity contribution is 0.372. The highest BCUT2D eigenvalue weighted by atomic mass is 79.9. The summed E-state index contributed by atoms with van der Waals surface area (Å²) in [5.41, 5.74) is 3.03. The molecule has 0 saturated heterocycles. The Morgan fingerprint density at radius 2 is 2.08 bits per heavy atom. The first-order chi connectivity index (χ1) is 12.1. The summed E-state index contributed by atoms with van der Waals surface area (Å²) in [6.07, 6.45) is 1.72. The van der Waals surface area contributed by atoms with Crippen LogP contribution in [0, 0.1) is 11.3 Å². The monoisotopic (exact) mass is 412 g/mol. The molecule has 3 rings (SSSR count). The molecule has 0 amide bonds. The fraction of sp³-hybridized carbons (Fsp3) is 0.0526. The van der Waals surface area contributed by atoms with E-state index in [0.717, 1.165) is 16.8 Å². The molecule has 1 aromatic heterocycles. The van der Waals surface area contributed by atoms with E-state index in [4.69, 9.17) is 4.74 Å². The van der Waals surface area contributed by atoms with Crippen molar-refractivity contribution in [2.45, 2.75) is 0 Å². The topological polar surface area (TPSA) is 66.1 Å². The van der Waals surface area contributed by atoms with E-state index >= 15 is 0 Å². The fourth-order valence-corrected chi connectivity index (χ4v) is 3.53. The van der Waals surface area contributed by atoms with Gasteiger partial charge in [-0.15, -0.1) is 11.3 Å². The molecule has 0 unspecified atom stereocenters. The minimum absolute atomic E-state index is 0.0266. The number of ether oxygens (including phenoxy) is 1. The number of nitrogens with zero attached hydrogens (tertiary/aromatic N) is 2. The van der Waals surface area contributed by atoms with Crippen molar-refractivity contribution >= 4 is 38.9 Å². The molecule has 0 spiro atoms. The lowest BCUT2D eigenvalue weighted by Gasteiger charge is -2.06. The van der Waals surface area contributed by atoms with E-state index in [-0.39, 0.29) is 5.75 Å². The molecule has 2 aromatic carbocycles. The smallest absolute Gasteiger partial charge is 0.172 e. The first-order valence-corrected chi connectivity index (χ1v) is 8.99. The van der Waals surface area contributed by atoms with Gasteiger partial charge >= 0.3 is 0 Å². The van der Waals surface area contributed by atoms with Crippen molar-refractivity contribution in [2.24, 2.45) is 0 Å². The SMILES string of the molecule is COc1cc(/C=C(/C#N)c2nc(-c3ccccc3)cs2)cc(Br)c1O. The van der Waals surface area contributed by atoms with Gasteiger partial charge in [-0.05, 0) is 39.7 Å². The van der Waals surface area contributed by atoms with Gasteiger partial charge in [-0.2, -0.15) is 5.26 Å². The first-order valence-electron chi connectivity index (χ1n) is 7.32. The minimum atomic E-state index is 0.0266. The Morgan fingerprint density at radius 1 is 1.32 bits per heavy atom. The number of rotatable bonds is 4. The Morgan fingerprint density at radius 3 is 2.76 bits per heavy atom. The zero-order valence-corrected chi connectivity index (χ0v) is 15.6. The first kappa shape index (κ1) is 17.2. The summed E-state index contributed by atoms with van der Waals surface area (Å²) < 4.78 is 5.64. The Hall–Kier alpha value is -2.62. The van der Waals surface area contributed by atoms with Crippen LogP contribution in [0.25, 0.3) is 22.9 Å². The van der Waals surface area contributed by atoms with Gasteiger partial charge in [0.15, 0.2) is 11.5 Å². The number of benzene rings is 2. The number of hydrogen-bond acceptors (Lipinski definition) is 5. The maximum absolute atomic E-state index is 9.89. The highest BCUT2D eigenvalue weighted by molar-refractivity contribution is 9.10. The van der Waals surface area contributed by atoms with Crippen LogP contribution in [0.3, 0.4) is 0 Å². The summed E-state index contributed by atoms with van der Waals surface area (Å²) in [5, 5.41) is 22.0. The number of phenolic OH excluding ortho intramolecular Hbond substituents is 1. The highest BCUT2D eigenvalue weighted by Gasteiger charge is 2.11. The van der Waals surface area contributed by atoms with Gasteiger partial charge < -0.3 is 9.84 Å². The summed E-state index contributed by atoms with van der Waals surface area (Å²) >= 11 is 4.70. The zero-order valence-electron chi connectivity index (χ0n) is 13.2. The molecule has 0 fully saturated rings. The van der Waals surface area contributed by atoms with Crippen molar-refractivity contribution in [1.29, 1.82) is 5.26 Å². The molecule has 25 heavy (non-hydrogen) atoms. The number of thiazole rings is 1. The Balaban J connectivity index is 1.99. The molecule has 0 saturated carbocycles. The van der Waals surface area contributed by atoms with Crippen LogP contribution in [0.2, 0.25) is 0 Å². The number of allylic oxidation sites excluding steroid dienone is 1. The molecule has 3 aromatic rings. The van der Waals surface area contributed by atoms with Crippen molar-refractivity contribution in [3.63, 3.8) is 0 Å². The molecule has 0 aliphatic carbocycles. The van der Waals surface area contributed by atoms with Gasteiger partial charge in [0.05, 0.1) is 22.8 Å². The van der Waals surface area contributed by atoms with Crippen LogP contribution < -0.4 is 4.74 Å². The standard InChI is InChI=1S/C19H13BrN2O2S/c1-24-17-9-12(8-15(20)18(17)23)7-14(10-21)19-22-16(11-25-19)13-5-3-2-4-6-13/h2-9,11,23H,1H3/b14-7-. The Labute approximate surface area is 157 Å². The van der Waals surface area contributed by atoms with Gasteiger partial charge in [0.25, 0.3) is 0 Å². The molecule has 0 bridgehead atoms. The largest absolute Gasteiger partial charge is 0.503 e. The quantitative estimate of drug-likeness (QED) is 0.586. The average Bonchev–Trinajstić information content (AvgIpc) is 3.13. The number of aromatic hydroxyl groups is 1. The molecular weight excluding hydrogens is 400 g/mol. The maximum atomic E-state index is 9.89. The summed E-state index contributed by atoms with van der Waals surface area (Å²) in [7, 11) is 1.48. The third-order valence-corrected chi connectivity index (χ3v) is 4.99. The van der Waals surface area contributed by atoms with E-state index in [9.17, 15) is 10.4 Å². The molecule has 124 valence electrons. The average molecular weight is 413 g/mol. The zero-order chi connectivity index (χ0) is 17.8. The van der Waals surface area contributed by atoms with Gasteiger partial charge in [0, 0.05) is 10.9 Å². The summed E-state index contributed by atoms with van der Waals surface area (Å²) in [6.45, 7) is 0. The molecule has 0 aliphatic heterocycles.